The standard InChI is InChI=1S/C17H12O3/c18-15(17-7-4-12-19-17)10-8-14-9-11-16(20-14)13-5-2-1-3-6-13/h1-12H. The summed E-state index contributed by atoms with van der Waals surface area (Å²) in [7, 11) is 0. The van der Waals surface area contributed by atoms with Gasteiger partial charge in [-0.15, -0.1) is 0 Å². The van der Waals surface area contributed by atoms with Crippen LogP contribution in [0.2, 0.25) is 0 Å². The van der Waals surface area contributed by atoms with Gasteiger partial charge in [-0.3, -0.25) is 4.79 Å². The van der Waals surface area contributed by atoms with Crippen LogP contribution in [0, 0.1) is 0 Å². The van der Waals surface area contributed by atoms with Crippen molar-refractivity contribution in [3.63, 3.8) is 0 Å². The Kier molecular flexibility index (Phi) is 3.33. The Bertz CT molecular complexity index is 719. The van der Waals surface area contributed by atoms with E-state index in [9.17, 15) is 4.79 Å². The number of carbonyl (C=O) groups is 1. The summed E-state index contributed by atoms with van der Waals surface area (Å²) in [4.78, 5) is 11.7. The third-order valence-corrected chi connectivity index (χ3v) is 2.85. The Labute approximate surface area is 116 Å². The number of hydrogen-bond donors (Lipinski definition) is 0. The van der Waals surface area contributed by atoms with Gasteiger partial charge in [0.05, 0.1) is 6.26 Å². The third-order valence-electron chi connectivity index (χ3n) is 2.85. The van der Waals surface area contributed by atoms with Crippen molar-refractivity contribution in [2.24, 2.45) is 0 Å². The quantitative estimate of drug-likeness (QED) is 0.517. The maximum Gasteiger partial charge on any atom is 0.221 e. The molecule has 0 fully saturated rings. The smallest absolute Gasteiger partial charge is 0.221 e. The highest BCUT2D eigenvalue weighted by atomic mass is 16.3. The number of benzene rings is 1. The molecule has 0 radical (unpaired) electrons. The number of hydrogen-bond acceptors (Lipinski definition) is 3. The van der Waals surface area contributed by atoms with Crippen LogP contribution in [0.1, 0.15) is 16.3 Å². The molecule has 3 rings (SSSR count). The minimum Gasteiger partial charge on any atom is -0.461 e. The zero-order valence-electron chi connectivity index (χ0n) is 10.7. The van der Waals surface area contributed by atoms with E-state index >= 15 is 0 Å². The van der Waals surface area contributed by atoms with Crippen LogP contribution in [-0.2, 0) is 0 Å². The van der Waals surface area contributed by atoms with Crippen molar-refractivity contribution in [1.29, 1.82) is 0 Å². The molecule has 0 N–H and O–H groups in total. The maximum atomic E-state index is 11.7. The molecule has 0 unspecified atom stereocenters. The van der Waals surface area contributed by atoms with E-state index in [4.69, 9.17) is 8.83 Å². The molecule has 0 aliphatic carbocycles. The molecular weight excluding hydrogens is 252 g/mol. The van der Waals surface area contributed by atoms with Gasteiger partial charge < -0.3 is 8.83 Å². The van der Waals surface area contributed by atoms with Gasteiger partial charge in [0.25, 0.3) is 0 Å². The van der Waals surface area contributed by atoms with E-state index in [0.29, 0.717) is 11.5 Å². The molecular formula is C17H12O3. The van der Waals surface area contributed by atoms with Gasteiger partial charge in [-0.25, -0.2) is 0 Å². The molecule has 1 aromatic carbocycles. The van der Waals surface area contributed by atoms with Gasteiger partial charge in [0, 0.05) is 5.56 Å². The molecule has 3 aromatic rings. The SMILES string of the molecule is O=C(C=Cc1ccc(-c2ccccc2)o1)c1ccco1. The molecule has 0 bridgehead atoms. The summed E-state index contributed by atoms with van der Waals surface area (Å²) in [5.74, 6) is 1.53. The predicted octanol–water partition coefficient (Wildman–Crippen LogP) is 4.44. The molecule has 0 spiro atoms. The second kappa shape index (κ2) is 5.45. The summed E-state index contributed by atoms with van der Waals surface area (Å²) < 4.78 is 10.7. The highest BCUT2D eigenvalue weighted by Gasteiger charge is 2.05. The van der Waals surface area contributed by atoms with E-state index in [2.05, 4.69) is 0 Å². The van der Waals surface area contributed by atoms with Crippen molar-refractivity contribution in [2.45, 2.75) is 0 Å². The van der Waals surface area contributed by atoms with E-state index in [0.717, 1.165) is 11.3 Å². The summed E-state index contributed by atoms with van der Waals surface area (Å²) in [6.07, 6.45) is 4.55. The maximum absolute atomic E-state index is 11.7. The fourth-order valence-corrected chi connectivity index (χ4v) is 1.86. The summed E-state index contributed by atoms with van der Waals surface area (Å²) in [6.45, 7) is 0. The molecule has 0 amide bonds. The monoisotopic (exact) mass is 264 g/mol. The Morgan fingerprint density at radius 1 is 0.950 bits per heavy atom. The van der Waals surface area contributed by atoms with Crippen molar-refractivity contribution in [2.75, 3.05) is 0 Å². The summed E-state index contributed by atoms with van der Waals surface area (Å²) in [6, 6.07) is 16.8. The highest BCUT2D eigenvalue weighted by Crippen LogP contribution is 2.22. The molecule has 3 nitrogen and oxygen atoms in total. The Hall–Kier alpha value is -2.81. The Balaban J connectivity index is 1.76. The number of allylic oxidation sites excluding steroid dienone is 1. The van der Waals surface area contributed by atoms with Gasteiger partial charge in [0.2, 0.25) is 5.78 Å². The van der Waals surface area contributed by atoms with Crippen LogP contribution >= 0.6 is 0 Å². The molecule has 0 atom stereocenters. The topological polar surface area (TPSA) is 43.4 Å². The van der Waals surface area contributed by atoms with Crippen LogP contribution in [-0.4, -0.2) is 5.78 Å². The summed E-state index contributed by atoms with van der Waals surface area (Å²) >= 11 is 0. The van der Waals surface area contributed by atoms with Crippen molar-refractivity contribution in [1.82, 2.24) is 0 Å². The zero-order valence-corrected chi connectivity index (χ0v) is 10.7. The lowest BCUT2D eigenvalue weighted by Crippen LogP contribution is -1.89. The Morgan fingerprint density at radius 3 is 2.55 bits per heavy atom. The lowest BCUT2D eigenvalue weighted by molar-refractivity contribution is 0.102. The second-order valence-corrected chi connectivity index (χ2v) is 4.24. The number of carbonyl (C=O) groups excluding carboxylic acids is 1. The molecule has 2 aromatic heterocycles. The first-order valence-electron chi connectivity index (χ1n) is 6.24. The van der Waals surface area contributed by atoms with E-state index in [1.54, 1.807) is 18.2 Å². The molecule has 20 heavy (non-hydrogen) atoms. The highest BCUT2D eigenvalue weighted by molar-refractivity contribution is 6.04. The van der Waals surface area contributed by atoms with Gasteiger partial charge in [-0.2, -0.15) is 0 Å². The van der Waals surface area contributed by atoms with E-state index in [-0.39, 0.29) is 5.78 Å². The van der Waals surface area contributed by atoms with Gasteiger partial charge >= 0.3 is 0 Å². The molecule has 2 heterocycles. The van der Waals surface area contributed by atoms with Gasteiger partial charge in [-0.05, 0) is 36.4 Å². The van der Waals surface area contributed by atoms with E-state index in [1.165, 1.54) is 12.3 Å². The lowest BCUT2D eigenvalue weighted by Gasteiger charge is -1.94. The fraction of sp³-hybridized carbons (Fsp3) is 0. The second-order valence-electron chi connectivity index (χ2n) is 4.24. The minimum atomic E-state index is -0.187. The molecule has 3 heteroatoms. The van der Waals surface area contributed by atoms with Crippen LogP contribution in [0.25, 0.3) is 17.4 Å². The average molecular weight is 264 g/mol. The van der Waals surface area contributed by atoms with Crippen LogP contribution in [0.3, 0.4) is 0 Å². The zero-order chi connectivity index (χ0) is 13.8. The van der Waals surface area contributed by atoms with Crippen molar-refractivity contribution in [3.05, 3.63) is 78.5 Å². The first-order valence-corrected chi connectivity index (χ1v) is 6.24. The number of ketones is 1. The van der Waals surface area contributed by atoms with Gasteiger partial charge in [0.15, 0.2) is 5.76 Å². The van der Waals surface area contributed by atoms with Crippen LogP contribution in [0.5, 0.6) is 0 Å². The third kappa shape index (κ3) is 2.62. The number of rotatable bonds is 4. The first kappa shape index (κ1) is 12.2. The predicted molar refractivity (Wildman–Crippen MR) is 76.2 cm³/mol. The average Bonchev–Trinajstić information content (AvgIpc) is 3.17. The lowest BCUT2D eigenvalue weighted by atomic mass is 10.2. The molecule has 98 valence electrons. The minimum absolute atomic E-state index is 0.187. The van der Waals surface area contributed by atoms with E-state index in [1.807, 2.05) is 42.5 Å². The molecule has 0 aliphatic rings. The van der Waals surface area contributed by atoms with Crippen LogP contribution in [0.15, 0.2) is 75.8 Å². The van der Waals surface area contributed by atoms with E-state index < -0.39 is 0 Å². The Morgan fingerprint density at radius 2 is 1.80 bits per heavy atom. The summed E-state index contributed by atoms with van der Waals surface area (Å²) in [5, 5.41) is 0. The largest absolute Gasteiger partial charge is 0.461 e. The van der Waals surface area contributed by atoms with Gasteiger partial charge in [-0.1, -0.05) is 30.3 Å². The number of furan rings is 2. The fourth-order valence-electron chi connectivity index (χ4n) is 1.86. The molecule has 0 saturated carbocycles. The molecule has 0 saturated heterocycles. The first-order chi connectivity index (χ1) is 9.83. The van der Waals surface area contributed by atoms with Crippen molar-refractivity contribution >= 4 is 11.9 Å². The van der Waals surface area contributed by atoms with Crippen LogP contribution in [0.4, 0.5) is 0 Å². The van der Waals surface area contributed by atoms with Crippen LogP contribution < -0.4 is 0 Å². The van der Waals surface area contributed by atoms with Crippen molar-refractivity contribution in [3.8, 4) is 11.3 Å². The van der Waals surface area contributed by atoms with Crippen molar-refractivity contribution < 1.29 is 13.6 Å². The molecule has 0 aliphatic heterocycles. The normalized spacial score (nSPS) is 11.0. The summed E-state index contributed by atoms with van der Waals surface area (Å²) in [5.41, 5.74) is 1.00. The van der Waals surface area contributed by atoms with Gasteiger partial charge in [0.1, 0.15) is 11.5 Å².